The molecule has 2 aromatic carbocycles. The standard InChI is InChI=1S/C17H19NO4S/c1-3-11-22-16-9-7-15(8-10-16)18-23(20,21)17-6-4-5-14(12-17)13(2)19/h4-10,12,18H,3,11H2,1-2H3. The van der Waals surface area contributed by atoms with Gasteiger partial charge in [0.1, 0.15) is 5.75 Å². The maximum atomic E-state index is 12.4. The van der Waals surface area contributed by atoms with E-state index in [9.17, 15) is 13.2 Å². The Bertz CT molecular complexity index is 782. The summed E-state index contributed by atoms with van der Waals surface area (Å²) in [4.78, 5) is 11.4. The highest BCUT2D eigenvalue weighted by Crippen LogP contribution is 2.20. The lowest BCUT2D eigenvalue weighted by molar-refractivity contribution is 0.101. The van der Waals surface area contributed by atoms with Crippen LogP contribution < -0.4 is 9.46 Å². The van der Waals surface area contributed by atoms with E-state index in [1.165, 1.54) is 19.1 Å². The Morgan fingerprint density at radius 3 is 2.43 bits per heavy atom. The normalized spacial score (nSPS) is 11.0. The molecule has 2 rings (SSSR count). The van der Waals surface area contributed by atoms with Crippen molar-refractivity contribution in [2.75, 3.05) is 11.3 Å². The van der Waals surface area contributed by atoms with Crippen LogP contribution >= 0.6 is 0 Å². The Labute approximate surface area is 136 Å². The lowest BCUT2D eigenvalue weighted by Crippen LogP contribution is -2.13. The predicted molar refractivity (Wildman–Crippen MR) is 89.5 cm³/mol. The molecular formula is C17H19NO4S. The van der Waals surface area contributed by atoms with E-state index in [1.807, 2.05) is 6.92 Å². The molecule has 1 N–H and O–H groups in total. The molecule has 2 aromatic rings. The Balaban J connectivity index is 2.17. The van der Waals surface area contributed by atoms with Crippen molar-refractivity contribution in [2.45, 2.75) is 25.2 Å². The van der Waals surface area contributed by atoms with Crippen molar-refractivity contribution in [3.8, 4) is 5.75 Å². The topological polar surface area (TPSA) is 72.5 Å². The predicted octanol–water partition coefficient (Wildman–Crippen LogP) is 3.48. The van der Waals surface area contributed by atoms with E-state index in [-0.39, 0.29) is 10.7 Å². The number of hydrogen-bond donors (Lipinski definition) is 1. The number of carbonyl (C=O) groups is 1. The van der Waals surface area contributed by atoms with Crippen LogP contribution in [0.15, 0.2) is 53.4 Å². The van der Waals surface area contributed by atoms with Crippen LogP contribution in [-0.4, -0.2) is 20.8 Å². The third kappa shape index (κ3) is 4.56. The molecule has 6 heteroatoms. The highest BCUT2D eigenvalue weighted by molar-refractivity contribution is 7.92. The molecule has 0 saturated carbocycles. The van der Waals surface area contributed by atoms with Gasteiger partial charge in [-0.2, -0.15) is 0 Å². The Hall–Kier alpha value is -2.34. The van der Waals surface area contributed by atoms with E-state index in [4.69, 9.17) is 4.74 Å². The molecule has 0 fully saturated rings. The molecule has 0 aliphatic rings. The van der Waals surface area contributed by atoms with E-state index in [0.29, 0.717) is 23.6 Å². The van der Waals surface area contributed by atoms with Gasteiger partial charge < -0.3 is 4.74 Å². The SMILES string of the molecule is CCCOc1ccc(NS(=O)(=O)c2cccc(C(C)=O)c2)cc1. The molecule has 0 atom stereocenters. The molecule has 0 bridgehead atoms. The smallest absolute Gasteiger partial charge is 0.261 e. The summed E-state index contributed by atoms with van der Waals surface area (Å²) < 4.78 is 32.7. The zero-order chi connectivity index (χ0) is 16.9. The molecule has 0 amide bonds. The second-order valence-corrected chi connectivity index (χ2v) is 6.74. The lowest BCUT2D eigenvalue weighted by Gasteiger charge is -2.10. The number of ether oxygens (including phenoxy) is 1. The fourth-order valence-electron chi connectivity index (χ4n) is 1.94. The van der Waals surface area contributed by atoms with Crippen LogP contribution in [0.2, 0.25) is 0 Å². The van der Waals surface area contributed by atoms with E-state index in [0.717, 1.165) is 6.42 Å². The van der Waals surface area contributed by atoms with Gasteiger partial charge in [-0.3, -0.25) is 9.52 Å². The number of ketones is 1. The van der Waals surface area contributed by atoms with Crippen molar-refractivity contribution in [1.29, 1.82) is 0 Å². The minimum Gasteiger partial charge on any atom is -0.494 e. The fourth-order valence-corrected chi connectivity index (χ4v) is 3.04. The van der Waals surface area contributed by atoms with Gasteiger partial charge in [0.05, 0.1) is 11.5 Å². The Kier molecular flexibility index (Phi) is 5.39. The molecule has 0 aliphatic carbocycles. The van der Waals surface area contributed by atoms with Crippen molar-refractivity contribution >= 4 is 21.5 Å². The van der Waals surface area contributed by atoms with Crippen molar-refractivity contribution < 1.29 is 17.9 Å². The number of nitrogens with one attached hydrogen (secondary N) is 1. The first kappa shape index (κ1) is 17.0. The first-order valence-electron chi connectivity index (χ1n) is 7.29. The number of hydrogen-bond acceptors (Lipinski definition) is 4. The summed E-state index contributed by atoms with van der Waals surface area (Å²) in [5.74, 6) is 0.507. The van der Waals surface area contributed by atoms with Crippen molar-refractivity contribution in [1.82, 2.24) is 0 Å². The van der Waals surface area contributed by atoms with Crippen molar-refractivity contribution in [3.63, 3.8) is 0 Å². The number of Topliss-reactive ketones (excluding diaryl/α,β-unsaturated/α-hetero) is 1. The number of sulfonamides is 1. The molecule has 0 aromatic heterocycles. The monoisotopic (exact) mass is 333 g/mol. The van der Waals surface area contributed by atoms with Crippen LogP contribution in [0.25, 0.3) is 0 Å². The Morgan fingerprint density at radius 1 is 1.13 bits per heavy atom. The molecular weight excluding hydrogens is 314 g/mol. The van der Waals surface area contributed by atoms with Crippen LogP contribution in [0.4, 0.5) is 5.69 Å². The van der Waals surface area contributed by atoms with Gasteiger partial charge in [-0.15, -0.1) is 0 Å². The first-order chi connectivity index (χ1) is 10.9. The van der Waals surface area contributed by atoms with Gasteiger partial charge in [0.2, 0.25) is 0 Å². The quantitative estimate of drug-likeness (QED) is 0.787. The number of anilines is 1. The third-order valence-corrected chi connectivity index (χ3v) is 4.51. The molecule has 0 unspecified atom stereocenters. The average Bonchev–Trinajstić information content (AvgIpc) is 2.54. The van der Waals surface area contributed by atoms with Crippen LogP contribution in [0.3, 0.4) is 0 Å². The van der Waals surface area contributed by atoms with E-state index >= 15 is 0 Å². The van der Waals surface area contributed by atoms with Gasteiger partial charge in [0, 0.05) is 11.3 Å². The van der Waals surface area contributed by atoms with E-state index in [2.05, 4.69) is 4.72 Å². The highest BCUT2D eigenvalue weighted by atomic mass is 32.2. The summed E-state index contributed by atoms with van der Waals surface area (Å²) in [6, 6.07) is 12.6. The number of rotatable bonds is 7. The summed E-state index contributed by atoms with van der Waals surface area (Å²) in [7, 11) is -3.74. The molecule has 0 saturated heterocycles. The molecule has 0 heterocycles. The van der Waals surface area contributed by atoms with Gasteiger partial charge in [-0.25, -0.2) is 8.42 Å². The fraction of sp³-hybridized carbons (Fsp3) is 0.235. The van der Waals surface area contributed by atoms with E-state index < -0.39 is 10.0 Å². The summed E-state index contributed by atoms with van der Waals surface area (Å²) >= 11 is 0. The molecule has 122 valence electrons. The zero-order valence-electron chi connectivity index (χ0n) is 13.1. The third-order valence-electron chi connectivity index (χ3n) is 3.13. The number of carbonyl (C=O) groups excluding carboxylic acids is 1. The van der Waals surface area contributed by atoms with Gasteiger partial charge in [0.25, 0.3) is 10.0 Å². The van der Waals surface area contributed by atoms with Crippen LogP contribution in [0, 0.1) is 0 Å². The second kappa shape index (κ2) is 7.28. The number of benzene rings is 2. The Morgan fingerprint density at radius 2 is 1.83 bits per heavy atom. The largest absolute Gasteiger partial charge is 0.494 e. The van der Waals surface area contributed by atoms with Crippen molar-refractivity contribution in [2.24, 2.45) is 0 Å². The van der Waals surface area contributed by atoms with Crippen LogP contribution in [0.5, 0.6) is 5.75 Å². The van der Waals surface area contributed by atoms with Crippen molar-refractivity contribution in [3.05, 3.63) is 54.1 Å². The molecule has 0 radical (unpaired) electrons. The highest BCUT2D eigenvalue weighted by Gasteiger charge is 2.15. The zero-order valence-corrected chi connectivity index (χ0v) is 13.9. The van der Waals surface area contributed by atoms with Gasteiger partial charge in [-0.05, 0) is 49.7 Å². The summed E-state index contributed by atoms with van der Waals surface area (Å²) in [5.41, 5.74) is 0.790. The van der Waals surface area contributed by atoms with Crippen LogP contribution in [0.1, 0.15) is 30.6 Å². The van der Waals surface area contributed by atoms with Gasteiger partial charge >= 0.3 is 0 Å². The molecule has 5 nitrogen and oxygen atoms in total. The minimum absolute atomic E-state index is 0.0523. The summed E-state index contributed by atoms with van der Waals surface area (Å²) in [6.45, 7) is 4.02. The minimum atomic E-state index is -3.74. The average molecular weight is 333 g/mol. The first-order valence-corrected chi connectivity index (χ1v) is 8.77. The van der Waals surface area contributed by atoms with Gasteiger partial charge in [-0.1, -0.05) is 19.1 Å². The lowest BCUT2D eigenvalue weighted by atomic mass is 10.2. The molecule has 23 heavy (non-hydrogen) atoms. The maximum absolute atomic E-state index is 12.4. The second-order valence-electron chi connectivity index (χ2n) is 5.06. The maximum Gasteiger partial charge on any atom is 0.261 e. The summed E-state index contributed by atoms with van der Waals surface area (Å²) in [6.07, 6.45) is 0.904. The molecule has 0 aliphatic heterocycles. The van der Waals surface area contributed by atoms with Gasteiger partial charge in [0.15, 0.2) is 5.78 Å². The molecule has 0 spiro atoms. The van der Waals surface area contributed by atoms with Crippen LogP contribution in [-0.2, 0) is 10.0 Å². The van der Waals surface area contributed by atoms with E-state index in [1.54, 1.807) is 36.4 Å². The summed E-state index contributed by atoms with van der Waals surface area (Å²) in [5, 5.41) is 0.